The lowest BCUT2D eigenvalue weighted by atomic mass is 10.1. The predicted octanol–water partition coefficient (Wildman–Crippen LogP) is 0.870. The lowest BCUT2D eigenvalue weighted by molar-refractivity contribution is -0.131. The van der Waals surface area contributed by atoms with Crippen molar-refractivity contribution in [2.24, 2.45) is 0 Å². The van der Waals surface area contributed by atoms with Crippen LogP contribution in [0.3, 0.4) is 0 Å². The molecule has 0 aromatic heterocycles. The summed E-state index contributed by atoms with van der Waals surface area (Å²) in [7, 11) is 3.20. The molecule has 1 aromatic rings. The normalized spacial score (nSPS) is 9.72. The highest BCUT2D eigenvalue weighted by atomic mass is 16.5. The molecule has 0 aliphatic rings. The second-order valence-corrected chi connectivity index (χ2v) is 3.74. The van der Waals surface area contributed by atoms with Gasteiger partial charge in [-0.2, -0.15) is 0 Å². The van der Waals surface area contributed by atoms with Crippen molar-refractivity contribution < 1.29 is 19.1 Å². The maximum atomic E-state index is 10.8. The van der Waals surface area contributed by atoms with Crippen molar-refractivity contribution in [2.75, 3.05) is 20.8 Å². The van der Waals surface area contributed by atoms with E-state index in [2.05, 4.69) is 5.32 Å². The monoisotopic (exact) mass is 251 g/mol. The molecule has 0 spiro atoms. The minimum absolute atomic E-state index is 0.260. The van der Waals surface area contributed by atoms with Gasteiger partial charge in [0.05, 0.1) is 14.2 Å². The van der Waals surface area contributed by atoms with E-state index in [0.717, 1.165) is 22.6 Å². The predicted molar refractivity (Wildman–Crippen MR) is 67.1 cm³/mol. The van der Waals surface area contributed by atoms with Crippen molar-refractivity contribution in [1.82, 2.24) is 5.32 Å². The van der Waals surface area contributed by atoms with Gasteiger partial charge >= 0.3 is 0 Å². The number of carbonyl (C=O) groups is 2. The smallest absolute Gasteiger partial charge is 0.284 e. The first-order valence-corrected chi connectivity index (χ1v) is 5.57. The highest BCUT2D eigenvalue weighted by Gasteiger charge is 2.11. The lowest BCUT2D eigenvalue weighted by Gasteiger charge is -2.14. The summed E-state index contributed by atoms with van der Waals surface area (Å²) in [6.45, 7) is 2.30. The summed E-state index contributed by atoms with van der Waals surface area (Å²) in [5, 5.41) is 2.49. The van der Waals surface area contributed by atoms with Gasteiger partial charge in [-0.25, -0.2) is 0 Å². The molecule has 0 atom stereocenters. The fourth-order valence-electron chi connectivity index (χ4n) is 1.79. The first-order chi connectivity index (χ1) is 8.63. The van der Waals surface area contributed by atoms with E-state index >= 15 is 0 Å². The van der Waals surface area contributed by atoms with E-state index in [-0.39, 0.29) is 6.29 Å². The van der Waals surface area contributed by atoms with Crippen LogP contribution in [0, 0.1) is 6.92 Å². The molecule has 1 amide bonds. The van der Waals surface area contributed by atoms with E-state index in [4.69, 9.17) is 9.47 Å². The van der Waals surface area contributed by atoms with Crippen LogP contribution in [0.2, 0.25) is 0 Å². The van der Waals surface area contributed by atoms with Crippen LogP contribution in [-0.2, 0) is 16.0 Å². The van der Waals surface area contributed by atoms with Gasteiger partial charge in [0, 0.05) is 12.1 Å². The Bertz CT molecular complexity index is 443. The molecule has 18 heavy (non-hydrogen) atoms. The van der Waals surface area contributed by atoms with Crippen molar-refractivity contribution >= 4 is 12.2 Å². The number of amides is 1. The molecule has 0 radical (unpaired) electrons. The summed E-state index contributed by atoms with van der Waals surface area (Å²) < 4.78 is 10.5. The number of hydrogen-bond donors (Lipinski definition) is 1. The Hall–Kier alpha value is -2.04. The molecule has 5 nitrogen and oxygen atoms in total. The Balaban J connectivity index is 2.79. The number of rotatable bonds is 6. The summed E-state index contributed by atoms with van der Waals surface area (Å²) in [5.74, 6) is 0.890. The minimum Gasteiger partial charge on any atom is -0.496 e. The van der Waals surface area contributed by atoms with Gasteiger partial charge in [0.25, 0.3) is 5.91 Å². The zero-order valence-corrected chi connectivity index (χ0v) is 10.8. The zero-order valence-electron chi connectivity index (χ0n) is 10.8. The van der Waals surface area contributed by atoms with Gasteiger partial charge in [-0.15, -0.1) is 0 Å². The molecule has 0 heterocycles. The number of ether oxygens (including phenoxy) is 2. The van der Waals surface area contributed by atoms with Crippen LogP contribution in [0.5, 0.6) is 11.5 Å². The van der Waals surface area contributed by atoms with E-state index in [1.807, 2.05) is 19.1 Å². The summed E-state index contributed by atoms with van der Waals surface area (Å²) in [4.78, 5) is 20.9. The molecule has 0 aliphatic heterocycles. The van der Waals surface area contributed by atoms with Gasteiger partial charge in [0.2, 0.25) is 6.29 Å². The number of nitrogens with one attached hydrogen (secondary N) is 1. The van der Waals surface area contributed by atoms with Crippen molar-refractivity contribution in [3.05, 3.63) is 23.3 Å². The van der Waals surface area contributed by atoms with E-state index in [9.17, 15) is 9.59 Å². The minimum atomic E-state index is -0.612. The third kappa shape index (κ3) is 3.23. The Morgan fingerprint density at radius 2 is 2.06 bits per heavy atom. The Morgan fingerprint density at radius 3 is 2.61 bits per heavy atom. The van der Waals surface area contributed by atoms with Gasteiger partial charge in [0.15, 0.2) is 0 Å². The third-order valence-electron chi connectivity index (χ3n) is 2.66. The lowest BCUT2D eigenvalue weighted by Crippen LogP contribution is -2.26. The van der Waals surface area contributed by atoms with E-state index in [1.54, 1.807) is 14.2 Å². The maximum absolute atomic E-state index is 10.8. The average Bonchev–Trinajstić information content (AvgIpc) is 2.39. The quantitative estimate of drug-likeness (QED) is 0.602. The topological polar surface area (TPSA) is 64.6 Å². The van der Waals surface area contributed by atoms with Crippen LogP contribution in [-0.4, -0.2) is 33.0 Å². The van der Waals surface area contributed by atoms with Crippen molar-refractivity contribution in [3.8, 4) is 11.5 Å². The van der Waals surface area contributed by atoms with Gasteiger partial charge in [-0.05, 0) is 25.0 Å². The zero-order chi connectivity index (χ0) is 13.5. The highest BCUT2D eigenvalue weighted by Crippen LogP contribution is 2.31. The second-order valence-electron chi connectivity index (χ2n) is 3.74. The van der Waals surface area contributed by atoms with E-state index < -0.39 is 5.91 Å². The van der Waals surface area contributed by atoms with Crippen molar-refractivity contribution in [2.45, 2.75) is 13.3 Å². The third-order valence-corrected chi connectivity index (χ3v) is 2.66. The number of hydrogen-bond acceptors (Lipinski definition) is 4. The number of carbonyl (C=O) groups excluding carboxylic acids is 2. The SMILES string of the molecule is COc1ccc(CCNC(=O)C=O)c(OC)c1C. The van der Waals surface area contributed by atoms with E-state index in [1.165, 1.54) is 0 Å². The molecule has 0 saturated carbocycles. The molecule has 1 N–H and O–H groups in total. The maximum Gasteiger partial charge on any atom is 0.284 e. The molecule has 0 saturated heterocycles. The summed E-state index contributed by atoms with van der Waals surface area (Å²) in [6.07, 6.45) is 0.851. The van der Waals surface area contributed by atoms with E-state index in [0.29, 0.717) is 13.0 Å². The summed E-state index contributed by atoms with van der Waals surface area (Å²) >= 11 is 0. The molecule has 0 aliphatic carbocycles. The van der Waals surface area contributed by atoms with Crippen molar-refractivity contribution in [3.63, 3.8) is 0 Å². The average molecular weight is 251 g/mol. The molecule has 1 aromatic carbocycles. The standard InChI is InChI=1S/C13H17NO4/c1-9-11(17-2)5-4-10(13(9)18-3)6-7-14-12(16)8-15/h4-5,8H,6-7H2,1-3H3,(H,14,16). The Labute approximate surface area is 106 Å². The molecule has 0 bridgehead atoms. The molecule has 0 fully saturated rings. The summed E-state index contributed by atoms with van der Waals surface area (Å²) in [6, 6.07) is 3.74. The number of aldehydes is 1. The molecule has 0 unspecified atom stereocenters. The summed E-state index contributed by atoms with van der Waals surface area (Å²) in [5.41, 5.74) is 1.88. The fourth-order valence-corrected chi connectivity index (χ4v) is 1.79. The van der Waals surface area contributed by atoms with Crippen LogP contribution in [0.4, 0.5) is 0 Å². The van der Waals surface area contributed by atoms with Gasteiger partial charge in [-0.1, -0.05) is 6.07 Å². The highest BCUT2D eigenvalue weighted by molar-refractivity contribution is 6.23. The second kappa shape index (κ2) is 6.64. The molecular formula is C13H17NO4. The van der Waals surface area contributed by atoms with Gasteiger partial charge in [0.1, 0.15) is 11.5 Å². The van der Waals surface area contributed by atoms with Crippen molar-refractivity contribution in [1.29, 1.82) is 0 Å². The largest absolute Gasteiger partial charge is 0.496 e. The Kier molecular flexibility index (Phi) is 5.17. The number of methoxy groups -OCH3 is 2. The first-order valence-electron chi connectivity index (χ1n) is 5.57. The molecule has 98 valence electrons. The van der Waals surface area contributed by atoms with Crippen LogP contribution >= 0.6 is 0 Å². The van der Waals surface area contributed by atoms with Crippen LogP contribution in [0.15, 0.2) is 12.1 Å². The molecule has 1 rings (SSSR count). The Morgan fingerprint density at radius 1 is 1.33 bits per heavy atom. The number of benzene rings is 1. The van der Waals surface area contributed by atoms with Crippen LogP contribution in [0.25, 0.3) is 0 Å². The first kappa shape index (κ1) is 14.0. The fraction of sp³-hybridized carbons (Fsp3) is 0.385. The van der Waals surface area contributed by atoms with Crippen LogP contribution in [0.1, 0.15) is 11.1 Å². The molecular weight excluding hydrogens is 234 g/mol. The van der Waals surface area contributed by atoms with Crippen LogP contribution < -0.4 is 14.8 Å². The molecule has 5 heteroatoms. The van der Waals surface area contributed by atoms with Gasteiger partial charge < -0.3 is 14.8 Å². The van der Waals surface area contributed by atoms with Gasteiger partial charge in [-0.3, -0.25) is 9.59 Å².